The van der Waals surface area contributed by atoms with Crippen LogP contribution in [0.2, 0.25) is 0 Å². The molecule has 0 aromatic rings. The number of allylic oxidation sites excluding steroid dienone is 2. The van der Waals surface area contributed by atoms with Gasteiger partial charge in [-0.2, -0.15) is 0 Å². The molecule has 0 saturated carbocycles. The zero-order valence-electron chi connectivity index (χ0n) is 8.66. The first kappa shape index (κ1) is 10.5. The highest BCUT2D eigenvalue weighted by Gasteiger charge is 2.32. The molecule has 1 aliphatic carbocycles. The van der Waals surface area contributed by atoms with E-state index in [0.717, 1.165) is 12.8 Å². The third kappa shape index (κ3) is 2.22. The molecule has 0 radical (unpaired) electrons. The van der Waals surface area contributed by atoms with E-state index in [4.69, 9.17) is 0 Å². The Bertz CT molecular complexity index is 205. The first-order valence-electron chi connectivity index (χ1n) is 5.29. The van der Waals surface area contributed by atoms with Crippen molar-refractivity contribution in [3.63, 3.8) is 0 Å². The average Bonchev–Trinajstić information content (AvgIpc) is 2.17. The zero-order chi connectivity index (χ0) is 9.73. The molecule has 0 bridgehead atoms. The van der Waals surface area contributed by atoms with E-state index >= 15 is 0 Å². The molecule has 1 heteroatoms. The van der Waals surface area contributed by atoms with Crippen LogP contribution in [-0.4, -0.2) is 11.2 Å². The van der Waals surface area contributed by atoms with Crippen LogP contribution in [0.25, 0.3) is 0 Å². The predicted octanol–water partition coefficient (Wildman–Crippen LogP) is 3.06. The predicted molar refractivity (Wildman–Crippen MR) is 56.5 cm³/mol. The molecule has 0 heterocycles. The summed E-state index contributed by atoms with van der Waals surface area (Å²) in [6.07, 6.45) is 12.3. The Morgan fingerprint density at radius 1 is 1.31 bits per heavy atom. The maximum atomic E-state index is 9.91. The van der Waals surface area contributed by atoms with Gasteiger partial charge >= 0.3 is 0 Å². The Labute approximate surface area is 81.2 Å². The molecule has 0 fully saturated rings. The molecule has 1 nitrogen and oxygen atoms in total. The molecule has 0 aromatic heterocycles. The minimum absolute atomic E-state index is 0.0186. The van der Waals surface area contributed by atoms with E-state index in [-0.39, 0.29) is 11.5 Å². The second kappa shape index (κ2) is 4.61. The first-order valence-corrected chi connectivity index (χ1v) is 5.29. The van der Waals surface area contributed by atoms with Crippen LogP contribution in [0.4, 0.5) is 0 Å². The van der Waals surface area contributed by atoms with E-state index < -0.39 is 0 Å². The quantitative estimate of drug-likeness (QED) is 0.705. The van der Waals surface area contributed by atoms with E-state index in [9.17, 15) is 5.11 Å². The van der Waals surface area contributed by atoms with Crippen molar-refractivity contribution in [3.05, 3.63) is 24.3 Å². The third-order valence-electron chi connectivity index (χ3n) is 3.08. The number of unbranched alkanes of at least 4 members (excludes halogenated alkanes) is 1. The smallest absolute Gasteiger partial charge is 0.0814 e. The number of hydrogen-bond acceptors (Lipinski definition) is 1. The van der Waals surface area contributed by atoms with E-state index in [0.29, 0.717) is 0 Å². The molecule has 0 amide bonds. The van der Waals surface area contributed by atoms with Crippen molar-refractivity contribution in [2.24, 2.45) is 5.41 Å². The van der Waals surface area contributed by atoms with Crippen LogP contribution < -0.4 is 0 Å². The van der Waals surface area contributed by atoms with Crippen molar-refractivity contribution < 1.29 is 5.11 Å². The number of aliphatic hydroxyl groups excluding tert-OH is 1. The lowest BCUT2D eigenvalue weighted by Gasteiger charge is -2.34. The van der Waals surface area contributed by atoms with Crippen LogP contribution in [0.15, 0.2) is 24.3 Å². The van der Waals surface area contributed by atoms with Crippen LogP contribution in [0.3, 0.4) is 0 Å². The summed E-state index contributed by atoms with van der Waals surface area (Å²) < 4.78 is 0. The second-order valence-corrected chi connectivity index (χ2v) is 3.88. The minimum atomic E-state index is -0.283. The van der Waals surface area contributed by atoms with Gasteiger partial charge in [0.15, 0.2) is 0 Å². The Morgan fingerprint density at radius 2 is 2.08 bits per heavy atom. The molecule has 13 heavy (non-hydrogen) atoms. The summed E-state index contributed by atoms with van der Waals surface area (Å²) in [7, 11) is 0. The monoisotopic (exact) mass is 180 g/mol. The molecular weight excluding hydrogens is 160 g/mol. The maximum Gasteiger partial charge on any atom is 0.0814 e. The summed E-state index contributed by atoms with van der Waals surface area (Å²) >= 11 is 0. The molecule has 0 saturated heterocycles. The van der Waals surface area contributed by atoms with E-state index in [1.165, 1.54) is 12.8 Å². The average molecular weight is 180 g/mol. The van der Waals surface area contributed by atoms with Crippen molar-refractivity contribution >= 4 is 0 Å². The van der Waals surface area contributed by atoms with Gasteiger partial charge in [-0.1, -0.05) is 51.0 Å². The topological polar surface area (TPSA) is 20.2 Å². The van der Waals surface area contributed by atoms with Gasteiger partial charge in [0.2, 0.25) is 0 Å². The fourth-order valence-electron chi connectivity index (χ4n) is 1.95. The Morgan fingerprint density at radius 3 is 2.62 bits per heavy atom. The lowest BCUT2D eigenvalue weighted by atomic mass is 9.73. The molecule has 0 aromatic carbocycles. The molecule has 1 N–H and O–H groups in total. The summed E-state index contributed by atoms with van der Waals surface area (Å²) in [5.41, 5.74) is 0.0186. The van der Waals surface area contributed by atoms with Gasteiger partial charge in [-0.25, -0.2) is 0 Å². The van der Waals surface area contributed by atoms with E-state index in [1.807, 2.05) is 12.2 Å². The van der Waals surface area contributed by atoms with Gasteiger partial charge in [0.25, 0.3) is 0 Å². The third-order valence-corrected chi connectivity index (χ3v) is 3.08. The Hall–Kier alpha value is -0.560. The summed E-state index contributed by atoms with van der Waals surface area (Å²) in [6.45, 7) is 4.35. The summed E-state index contributed by atoms with van der Waals surface area (Å²) in [5, 5.41) is 9.91. The van der Waals surface area contributed by atoms with Crippen molar-refractivity contribution in [2.75, 3.05) is 0 Å². The summed E-state index contributed by atoms with van der Waals surface area (Å²) in [5.74, 6) is 0. The van der Waals surface area contributed by atoms with Crippen molar-refractivity contribution in [1.82, 2.24) is 0 Å². The zero-order valence-corrected chi connectivity index (χ0v) is 8.66. The SMILES string of the molecule is CCCCC1(CC)C=CC=CC1O. The second-order valence-electron chi connectivity index (χ2n) is 3.88. The highest BCUT2D eigenvalue weighted by Crippen LogP contribution is 2.37. The van der Waals surface area contributed by atoms with Gasteiger partial charge in [-0.05, 0) is 12.8 Å². The van der Waals surface area contributed by atoms with Crippen molar-refractivity contribution in [1.29, 1.82) is 0 Å². The van der Waals surface area contributed by atoms with Gasteiger partial charge in [0.1, 0.15) is 0 Å². The summed E-state index contributed by atoms with van der Waals surface area (Å²) in [6, 6.07) is 0. The molecule has 2 unspecified atom stereocenters. The number of rotatable bonds is 4. The summed E-state index contributed by atoms with van der Waals surface area (Å²) in [4.78, 5) is 0. The lowest BCUT2D eigenvalue weighted by molar-refractivity contribution is 0.0846. The Balaban J connectivity index is 2.67. The Kier molecular flexibility index (Phi) is 3.73. The van der Waals surface area contributed by atoms with E-state index in [1.54, 1.807) is 0 Å². The molecule has 1 rings (SSSR count). The van der Waals surface area contributed by atoms with Crippen LogP contribution >= 0.6 is 0 Å². The lowest BCUT2D eigenvalue weighted by Crippen LogP contribution is -2.32. The highest BCUT2D eigenvalue weighted by atomic mass is 16.3. The van der Waals surface area contributed by atoms with Gasteiger partial charge in [-0.3, -0.25) is 0 Å². The van der Waals surface area contributed by atoms with Gasteiger partial charge in [0.05, 0.1) is 6.10 Å². The van der Waals surface area contributed by atoms with Crippen LogP contribution in [-0.2, 0) is 0 Å². The van der Waals surface area contributed by atoms with Crippen LogP contribution in [0.5, 0.6) is 0 Å². The van der Waals surface area contributed by atoms with Crippen LogP contribution in [0, 0.1) is 5.41 Å². The number of aliphatic hydroxyl groups is 1. The molecule has 74 valence electrons. The van der Waals surface area contributed by atoms with Crippen LogP contribution in [0.1, 0.15) is 39.5 Å². The fraction of sp³-hybridized carbons (Fsp3) is 0.667. The van der Waals surface area contributed by atoms with Gasteiger partial charge in [-0.15, -0.1) is 0 Å². The van der Waals surface area contributed by atoms with Crippen molar-refractivity contribution in [2.45, 2.75) is 45.6 Å². The van der Waals surface area contributed by atoms with Gasteiger partial charge < -0.3 is 5.11 Å². The standard InChI is InChI=1S/C12H20O/c1-3-5-9-12(4-2)10-7-6-8-11(12)13/h6-8,10-11,13H,3-5,9H2,1-2H3. The molecule has 2 atom stereocenters. The molecule has 0 aliphatic heterocycles. The minimum Gasteiger partial charge on any atom is -0.388 e. The first-order chi connectivity index (χ1) is 6.25. The largest absolute Gasteiger partial charge is 0.388 e. The molecule has 1 aliphatic rings. The highest BCUT2D eigenvalue weighted by molar-refractivity contribution is 5.20. The normalized spacial score (nSPS) is 32.4. The molecule has 0 spiro atoms. The van der Waals surface area contributed by atoms with Gasteiger partial charge in [0, 0.05) is 5.41 Å². The maximum absolute atomic E-state index is 9.91. The van der Waals surface area contributed by atoms with E-state index in [2.05, 4.69) is 26.0 Å². The fourth-order valence-corrected chi connectivity index (χ4v) is 1.95. The molecular formula is C12H20O. The van der Waals surface area contributed by atoms with Crippen molar-refractivity contribution in [3.8, 4) is 0 Å². The number of hydrogen-bond donors (Lipinski definition) is 1.